The molecule has 2 heterocycles. The van der Waals surface area contributed by atoms with Gasteiger partial charge in [-0.1, -0.05) is 0 Å². The van der Waals surface area contributed by atoms with Crippen molar-refractivity contribution in [3.63, 3.8) is 0 Å². The van der Waals surface area contributed by atoms with Gasteiger partial charge in [-0.2, -0.15) is 20.1 Å². The third-order valence-corrected chi connectivity index (χ3v) is 3.74. The molecule has 10 heteroatoms. The monoisotopic (exact) mass is 374 g/mol. The van der Waals surface area contributed by atoms with Crippen LogP contribution in [0.5, 0.6) is 17.5 Å². The number of nitrogens with one attached hydrogen (secondary N) is 1. The van der Waals surface area contributed by atoms with E-state index in [-0.39, 0.29) is 17.7 Å². The second kappa shape index (κ2) is 8.99. The minimum atomic E-state index is 0.0827. The Labute approximate surface area is 156 Å². The molecule has 10 nitrogen and oxygen atoms in total. The van der Waals surface area contributed by atoms with E-state index in [1.807, 2.05) is 11.8 Å². The standard InChI is InChI=1S/C17H22N6O4/c1-3-27-14-10-12(4-5-13(14)24)11-18-22-15-19-16(21-17(20-15)25-2)23-6-8-26-9-7-23/h4-5,10-11,24H,3,6-9H2,1-2H3,(H,19,20,21,22)/b18-11+. The lowest BCUT2D eigenvalue weighted by atomic mass is 10.2. The molecule has 0 bridgehead atoms. The number of aromatic nitrogens is 3. The van der Waals surface area contributed by atoms with Crippen molar-refractivity contribution < 1.29 is 19.3 Å². The van der Waals surface area contributed by atoms with Crippen LogP contribution in [-0.4, -0.2) is 66.3 Å². The number of methoxy groups -OCH3 is 1. The van der Waals surface area contributed by atoms with Crippen LogP contribution in [0.25, 0.3) is 0 Å². The average molecular weight is 374 g/mol. The summed E-state index contributed by atoms with van der Waals surface area (Å²) in [6.45, 7) is 4.95. The molecule has 1 aromatic carbocycles. The molecule has 0 spiro atoms. The number of hydrogen-bond donors (Lipinski definition) is 2. The van der Waals surface area contributed by atoms with Crippen LogP contribution in [0.3, 0.4) is 0 Å². The molecule has 0 saturated carbocycles. The van der Waals surface area contributed by atoms with Gasteiger partial charge in [-0.3, -0.25) is 0 Å². The fourth-order valence-electron chi connectivity index (χ4n) is 2.44. The highest BCUT2D eigenvalue weighted by Crippen LogP contribution is 2.26. The van der Waals surface area contributed by atoms with Gasteiger partial charge >= 0.3 is 6.01 Å². The minimum Gasteiger partial charge on any atom is -0.504 e. The van der Waals surface area contributed by atoms with E-state index >= 15 is 0 Å². The normalized spacial score (nSPS) is 14.4. The first-order chi connectivity index (χ1) is 13.2. The Morgan fingerprint density at radius 1 is 1.30 bits per heavy atom. The van der Waals surface area contributed by atoms with Gasteiger partial charge in [-0.25, -0.2) is 5.43 Å². The summed E-state index contributed by atoms with van der Waals surface area (Å²) in [6.07, 6.45) is 1.58. The zero-order chi connectivity index (χ0) is 19.1. The van der Waals surface area contributed by atoms with Crippen molar-refractivity contribution in [1.82, 2.24) is 15.0 Å². The smallest absolute Gasteiger partial charge is 0.322 e. The number of morpholine rings is 1. The van der Waals surface area contributed by atoms with Gasteiger partial charge in [-0.15, -0.1) is 0 Å². The van der Waals surface area contributed by atoms with Crippen LogP contribution in [0.15, 0.2) is 23.3 Å². The van der Waals surface area contributed by atoms with Gasteiger partial charge in [0, 0.05) is 13.1 Å². The second-order valence-corrected chi connectivity index (χ2v) is 5.58. The van der Waals surface area contributed by atoms with E-state index in [0.717, 1.165) is 5.56 Å². The first-order valence-corrected chi connectivity index (χ1v) is 8.57. The Morgan fingerprint density at radius 2 is 2.11 bits per heavy atom. The summed E-state index contributed by atoms with van der Waals surface area (Å²) in [6, 6.07) is 5.16. The van der Waals surface area contributed by atoms with E-state index in [0.29, 0.717) is 44.6 Å². The first-order valence-electron chi connectivity index (χ1n) is 8.57. The molecule has 1 saturated heterocycles. The van der Waals surface area contributed by atoms with Gasteiger partial charge in [0.2, 0.25) is 5.95 Å². The fourth-order valence-corrected chi connectivity index (χ4v) is 2.44. The lowest BCUT2D eigenvalue weighted by Gasteiger charge is -2.26. The van der Waals surface area contributed by atoms with Crippen molar-refractivity contribution in [3.8, 4) is 17.5 Å². The third kappa shape index (κ3) is 4.94. The summed E-state index contributed by atoms with van der Waals surface area (Å²) in [5.74, 6) is 1.26. The van der Waals surface area contributed by atoms with Crippen LogP contribution in [0.2, 0.25) is 0 Å². The minimum absolute atomic E-state index is 0.0827. The predicted octanol–water partition coefficient (Wildman–Crippen LogP) is 1.27. The molecule has 1 aliphatic rings. The molecule has 0 radical (unpaired) electrons. The van der Waals surface area contributed by atoms with Crippen molar-refractivity contribution in [3.05, 3.63) is 23.8 Å². The zero-order valence-electron chi connectivity index (χ0n) is 15.3. The van der Waals surface area contributed by atoms with Crippen LogP contribution in [-0.2, 0) is 4.74 Å². The topological polar surface area (TPSA) is 114 Å². The highest BCUT2D eigenvalue weighted by atomic mass is 16.5. The number of ether oxygens (including phenoxy) is 3. The number of aromatic hydroxyl groups is 1. The van der Waals surface area contributed by atoms with Crippen molar-refractivity contribution >= 4 is 18.1 Å². The molecule has 2 aromatic rings. The highest BCUT2D eigenvalue weighted by molar-refractivity contribution is 5.81. The molecule has 27 heavy (non-hydrogen) atoms. The Balaban J connectivity index is 1.73. The van der Waals surface area contributed by atoms with Gasteiger partial charge < -0.3 is 24.2 Å². The third-order valence-electron chi connectivity index (χ3n) is 3.74. The quantitative estimate of drug-likeness (QED) is 0.546. The van der Waals surface area contributed by atoms with Crippen LogP contribution < -0.4 is 19.8 Å². The highest BCUT2D eigenvalue weighted by Gasteiger charge is 2.16. The van der Waals surface area contributed by atoms with Crippen molar-refractivity contribution in [2.24, 2.45) is 5.10 Å². The van der Waals surface area contributed by atoms with Gasteiger partial charge in [0.05, 0.1) is 33.1 Å². The van der Waals surface area contributed by atoms with E-state index in [1.54, 1.807) is 24.4 Å². The molecule has 1 aromatic heterocycles. The molecule has 144 valence electrons. The van der Waals surface area contributed by atoms with Crippen molar-refractivity contribution in [2.75, 3.05) is 50.3 Å². The van der Waals surface area contributed by atoms with Gasteiger partial charge in [-0.05, 0) is 30.7 Å². The molecule has 2 N–H and O–H groups in total. The lowest BCUT2D eigenvalue weighted by molar-refractivity contribution is 0.122. The lowest BCUT2D eigenvalue weighted by Crippen LogP contribution is -2.37. The fraction of sp³-hybridized carbons (Fsp3) is 0.412. The van der Waals surface area contributed by atoms with E-state index in [1.165, 1.54) is 7.11 Å². The Hall–Kier alpha value is -3.14. The Morgan fingerprint density at radius 3 is 2.85 bits per heavy atom. The van der Waals surface area contributed by atoms with Gasteiger partial charge in [0.1, 0.15) is 0 Å². The second-order valence-electron chi connectivity index (χ2n) is 5.58. The number of phenols is 1. The number of rotatable bonds is 7. The maximum atomic E-state index is 9.74. The molecule has 0 atom stereocenters. The molecule has 0 amide bonds. The summed E-state index contributed by atoms with van der Waals surface area (Å²) in [5, 5.41) is 13.9. The van der Waals surface area contributed by atoms with Crippen molar-refractivity contribution in [2.45, 2.75) is 6.92 Å². The molecule has 1 aliphatic heterocycles. The SMILES string of the molecule is CCOc1cc(/C=N/Nc2nc(OC)nc(N3CCOCC3)n2)ccc1O. The summed E-state index contributed by atoms with van der Waals surface area (Å²) in [4.78, 5) is 14.8. The van der Waals surface area contributed by atoms with E-state index in [4.69, 9.17) is 14.2 Å². The molecular weight excluding hydrogens is 352 g/mol. The van der Waals surface area contributed by atoms with Crippen molar-refractivity contribution in [1.29, 1.82) is 0 Å². The van der Waals surface area contributed by atoms with Crippen LogP contribution in [0.1, 0.15) is 12.5 Å². The number of hydrazone groups is 1. The van der Waals surface area contributed by atoms with Crippen LogP contribution in [0.4, 0.5) is 11.9 Å². The predicted molar refractivity (Wildman–Crippen MR) is 99.9 cm³/mol. The number of phenolic OH excluding ortho intramolecular Hbond substituents is 1. The van der Waals surface area contributed by atoms with E-state index < -0.39 is 0 Å². The van der Waals surface area contributed by atoms with E-state index in [9.17, 15) is 5.11 Å². The number of nitrogens with zero attached hydrogens (tertiary/aromatic N) is 5. The first kappa shape index (κ1) is 18.6. The summed E-state index contributed by atoms with van der Waals surface area (Å²) in [7, 11) is 1.50. The molecule has 1 fully saturated rings. The van der Waals surface area contributed by atoms with Crippen LogP contribution in [0, 0.1) is 0 Å². The molecule has 0 aliphatic carbocycles. The molecular formula is C17H22N6O4. The molecule has 3 rings (SSSR count). The van der Waals surface area contributed by atoms with Gasteiger partial charge in [0.15, 0.2) is 11.5 Å². The number of benzene rings is 1. The van der Waals surface area contributed by atoms with E-state index in [2.05, 4.69) is 25.5 Å². The summed E-state index contributed by atoms with van der Waals surface area (Å²) in [5.41, 5.74) is 3.53. The Bertz CT molecular complexity index is 795. The zero-order valence-corrected chi connectivity index (χ0v) is 15.3. The average Bonchev–Trinajstić information content (AvgIpc) is 2.71. The number of hydrogen-bond acceptors (Lipinski definition) is 10. The maximum Gasteiger partial charge on any atom is 0.322 e. The molecule has 0 unspecified atom stereocenters. The summed E-state index contributed by atoms with van der Waals surface area (Å²) >= 11 is 0. The Kier molecular flexibility index (Phi) is 6.21. The number of anilines is 2. The maximum absolute atomic E-state index is 9.74. The largest absolute Gasteiger partial charge is 0.504 e. The van der Waals surface area contributed by atoms with Crippen LogP contribution >= 0.6 is 0 Å². The summed E-state index contributed by atoms with van der Waals surface area (Å²) < 4.78 is 15.9. The van der Waals surface area contributed by atoms with Gasteiger partial charge in [0.25, 0.3) is 5.95 Å².